The number of carbonyl (C=O) groups is 2. The van der Waals surface area contributed by atoms with E-state index in [1.807, 2.05) is 0 Å². The van der Waals surface area contributed by atoms with Crippen molar-refractivity contribution in [1.82, 2.24) is 5.06 Å². The number of hydrogen-bond donors (Lipinski definition) is 0. The van der Waals surface area contributed by atoms with Gasteiger partial charge < -0.3 is 21.5 Å². The molecule has 0 saturated carbocycles. The summed E-state index contributed by atoms with van der Waals surface area (Å²) in [5.41, 5.74) is 0.832. The Bertz CT molecular complexity index is 476. The maximum Gasteiger partial charge on any atom is 0.285 e. The first-order valence-electron chi connectivity index (χ1n) is 6.31. The van der Waals surface area contributed by atoms with Crippen LogP contribution in [0.4, 0.5) is 0 Å². The van der Waals surface area contributed by atoms with Gasteiger partial charge in [-0.15, -0.1) is 5.06 Å². The van der Waals surface area contributed by atoms with E-state index in [2.05, 4.69) is 21.1 Å². The first kappa shape index (κ1) is 16.8. The highest BCUT2D eigenvalue weighted by atomic mass is 79.9. The number of nitrogens with zero attached hydrogens (tertiary/aromatic N) is 2. The summed E-state index contributed by atoms with van der Waals surface area (Å²) in [7, 11) is 6.26. The summed E-state index contributed by atoms with van der Waals surface area (Å²) < 4.78 is 0.825. The molecule has 1 aromatic carbocycles. The molecule has 0 unspecified atom stereocenters. The molecule has 0 atom stereocenters. The molecule has 5 nitrogen and oxygen atoms in total. The Morgan fingerprint density at radius 1 is 1.05 bits per heavy atom. The Morgan fingerprint density at radius 3 is 2.00 bits per heavy atom. The lowest BCUT2D eigenvalue weighted by atomic mass is 10.1. The van der Waals surface area contributed by atoms with Crippen LogP contribution in [0.5, 0.6) is 0 Å². The molecule has 0 radical (unpaired) electrons. The number of hydroxylamine groups is 2. The molecule has 0 spiro atoms. The van der Waals surface area contributed by atoms with Gasteiger partial charge in [-0.25, -0.2) is 0 Å². The van der Waals surface area contributed by atoms with Crippen LogP contribution < -0.4 is 17.0 Å². The number of carbonyl (C=O) groups excluding carboxylic acids is 2. The van der Waals surface area contributed by atoms with Crippen molar-refractivity contribution in [2.45, 2.75) is 6.42 Å². The van der Waals surface area contributed by atoms with E-state index in [1.54, 1.807) is 24.3 Å². The first-order chi connectivity index (χ1) is 8.90. The third-order valence-corrected chi connectivity index (χ3v) is 2.95. The Morgan fingerprint density at radius 2 is 1.55 bits per heavy atom. The fraction of sp³-hybridized carbons (Fsp3) is 0.429. The van der Waals surface area contributed by atoms with Crippen molar-refractivity contribution in [1.29, 1.82) is 0 Å². The molecule has 2 amide bonds. The standard InChI is InChI=1S/C14H19N2O3.BrH/c1-16(2,3)9-6-10-19-15-13(17)11-7-4-5-8-12(11)14(15)18;/h4-5,7-8H,6,9-10H2,1-3H3;1H/q+1;/p-1. The number of hydrogen-bond acceptors (Lipinski definition) is 3. The van der Waals surface area contributed by atoms with Crippen molar-refractivity contribution in [3.05, 3.63) is 35.4 Å². The fourth-order valence-corrected chi connectivity index (χ4v) is 1.98. The number of amides is 2. The zero-order chi connectivity index (χ0) is 14.0. The number of fused-ring (bicyclic) bond motifs is 1. The highest BCUT2D eigenvalue weighted by Gasteiger charge is 2.36. The maximum absolute atomic E-state index is 12.0. The van der Waals surface area contributed by atoms with Gasteiger partial charge in [0.1, 0.15) is 0 Å². The Kier molecular flexibility index (Phi) is 5.44. The number of imide groups is 1. The van der Waals surface area contributed by atoms with Crippen molar-refractivity contribution < 1.29 is 35.9 Å². The minimum Gasteiger partial charge on any atom is -1.00 e. The summed E-state index contributed by atoms with van der Waals surface area (Å²) in [6.07, 6.45) is 0.789. The largest absolute Gasteiger partial charge is 1.00 e. The summed E-state index contributed by atoms with van der Waals surface area (Å²) in [6, 6.07) is 6.77. The van der Waals surface area contributed by atoms with E-state index in [1.165, 1.54) is 0 Å². The summed E-state index contributed by atoms with van der Waals surface area (Å²) in [5.74, 6) is -0.739. The molecule has 1 heterocycles. The minimum absolute atomic E-state index is 0. The lowest BCUT2D eigenvalue weighted by molar-refractivity contribution is -0.870. The molecule has 110 valence electrons. The van der Waals surface area contributed by atoms with E-state index in [4.69, 9.17) is 4.84 Å². The third kappa shape index (κ3) is 3.65. The number of halogens is 1. The molecule has 1 aromatic rings. The molecule has 0 fully saturated rings. The van der Waals surface area contributed by atoms with Gasteiger partial charge in [0.15, 0.2) is 0 Å². The number of rotatable bonds is 5. The van der Waals surface area contributed by atoms with E-state index in [9.17, 15) is 9.59 Å². The van der Waals surface area contributed by atoms with Crippen LogP contribution in [0.1, 0.15) is 27.1 Å². The van der Waals surface area contributed by atoms with E-state index in [0.717, 1.165) is 22.5 Å². The monoisotopic (exact) mass is 342 g/mol. The Labute approximate surface area is 129 Å². The first-order valence-corrected chi connectivity index (χ1v) is 6.31. The van der Waals surface area contributed by atoms with Crippen LogP contribution in [0.25, 0.3) is 0 Å². The van der Waals surface area contributed by atoms with Crippen LogP contribution in [-0.2, 0) is 4.84 Å². The van der Waals surface area contributed by atoms with Gasteiger partial charge in [0, 0.05) is 6.42 Å². The van der Waals surface area contributed by atoms with Crippen LogP contribution >= 0.6 is 0 Å². The minimum atomic E-state index is -0.370. The third-order valence-electron chi connectivity index (χ3n) is 2.95. The highest BCUT2D eigenvalue weighted by molar-refractivity contribution is 6.20. The lowest BCUT2D eigenvalue weighted by Crippen LogP contribution is -3.00. The van der Waals surface area contributed by atoms with Gasteiger partial charge >= 0.3 is 0 Å². The van der Waals surface area contributed by atoms with Crippen LogP contribution in [0.3, 0.4) is 0 Å². The van der Waals surface area contributed by atoms with Gasteiger partial charge in [0.25, 0.3) is 11.8 Å². The van der Waals surface area contributed by atoms with Crippen molar-refractivity contribution in [3.63, 3.8) is 0 Å². The second-order valence-electron chi connectivity index (χ2n) is 5.65. The highest BCUT2D eigenvalue weighted by Crippen LogP contribution is 2.22. The van der Waals surface area contributed by atoms with Gasteiger partial charge in [-0.2, -0.15) is 0 Å². The van der Waals surface area contributed by atoms with Crippen molar-refractivity contribution >= 4 is 11.8 Å². The molecule has 0 aliphatic carbocycles. The summed E-state index contributed by atoms with van der Waals surface area (Å²) >= 11 is 0. The quantitative estimate of drug-likeness (QED) is 0.364. The van der Waals surface area contributed by atoms with Crippen LogP contribution in [0.15, 0.2) is 24.3 Å². The van der Waals surface area contributed by atoms with Gasteiger partial charge in [0.05, 0.1) is 45.4 Å². The maximum atomic E-state index is 12.0. The smallest absolute Gasteiger partial charge is 0.285 e. The second kappa shape index (κ2) is 6.47. The normalized spacial score (nSPS) is 14.2. The predicted octanol–water partition coefficient (Wildman–Crippen LogP) is -1.69. The van der Waals surface area contributed by atoms with Gasteiger partial charge in [-0.1, -0.05) is 12.1 Å². The predicted molar refractivity (Wildman–Crippen MR) is 70.4 cm³/mol. The van der Waals surface area contributed by atoms with Crippen molar-refractivity contribution in [3.8, 4) is 0 Å². The second-order valence-corrected chi connectivity index (χ2v) is 5.65. The average Bonchev–Trinajstić information content (AvgIpc) is 2.58. The SMILES string of the molecule is C[N+](C)(C)CCCON1C(=O)c2ccccc2C1=O.[Br-]. The van der Waals surface area contributed by atoms with E-state index in [-0.39, 0.29) is 28.8 Å². The molecule has 0 aromatic heterocycles. The van der Waals surface area contributed by atoms with Gasteiger partial charge in [-0.05, 0) is 12.1 Å². The molecule has 1 aliphatic heterocycles. The van der Waals surface area contributed by atoms with Crippen molar-refractivity contribution in [2.75, 3.05) is 34.3 Å². The zero-order valence-electron chi connectivity index (χ0n) is 11.9. The summed E-state index contributed by atoms with van der Waals surface area (Å²) in [4.78, 5) is 29.3. The Hall–Kier alpha value is -1.24. The number of quaternary nitrogens is 1. The topological polar surface area (TPSA) is 46.6 Å². The molecule has 2 rings (SSSR count). The van der Waals surface area contributed by atoms with E-state index < -0.39 is 0 Å². The van der Waals surface area contributed by atoms with Crippen LogP contribution in [0.2, 0.25) is 0 Å². The van der Waals surface area contributed by atoms with Crippen molar-refractivity contribution in [2.24, 2.45) is 0 Å². The van der Waals surface area contributed by atoms with Gasteiger partial charge in [-0.3, -0.25) is 14.4 Å². The van der Waals surface area contributed by atoms with E-state index in [0.29, 0.717) is 17.7 Å². The molecule has 0 saturated heterocycles. The number of benzene rings is 1. The van der Waals surface area contributed by atoms with E-state index >= 15 is 0 Å². The molecule has 0 bridgehead atoms. The molecule has 6 heteroatoms. The lowest BCUT2D eigenvalue weighted by Gasteiger charge is -2.24. The summed E-state index contributed by atoms with van der Waals surface area (Å²) in [6.45, 7) is 1.28. The van der Waals surface area contributed by atoms with Crippen LogP contribution in [-0.4, -0.2) is 55.7 Å². The molecule has 1 aliphatic rings. The molecular weight excluding hydrogens is 324 g/mol. The zero-order valence-corrected chi connectivity index (χ0v) is 13.5. The van der Waals surface area contributed by atoms with Crippen LogP contribution in [0, 0.1) is 0 Å². The molecule has 0 N–H and O–H groups in total. The van der Waals surface area contributed by atoms with Gasteiger partial charge in [0.2, 0.25) is 0 Å². The Balaban J connectivity index is 0.00000200. The molecular formula is C14H19BrN2O3. The average molecular weight is 343 g/mol. The summed E-state index contributed by atoms with van der Waals surface area (Å²) in [5, 5.41) is 0.875. The fourth-order valence-electron chi connectivity index (χ4n) is 1.98. The molecule has 20 heavy (non-hydrogen) atoms.